The highest BCUT2D eigenvalue weighted by molar-refractivity contribution is 7.89. The highest BCUT2D eigenvalue weighted by Gasteiger charge is 2.34. The van der Waals surface area contributed by atoms with Gasteiger partial charge in [0.15, 0.2) is 4.90 Å². The third-order valence-corrected chi connectivity index (χ3v) is 9.11. The minimum atomic E-state index is -4.16. The fraction of sp³-hybridized carbons (Fsp3) is 0.310. The molecule has 15 heteroatoms. The van der Waals surface area contributed by atoms with Crippen LogP contribution in [0, 0.1) is 21.7 Å². The van der Waals surface area contributed by atoms with Crippen LogP contribution in [0.2, 0.25) is 0 Å². The minimum Gasteiger partial charge on any atom is -0.497 e. The van der Waals surface area contributed by atoms with E-state index < -0.39 is 55.0 Å². The lowest BCUT2D eigenvalue weighted by Gasteiger charge is -2.33. The predicted molar refractivity (Wildman–Crippen MR) is 157 cm³/mol. The van der Waals surface area contributed by atoms with Gasteiger partial charge >= 0.3 is 0 Å². The third kappa shape index (κ3) is 7.72. The van der Waals surface area contributed by atoms with E-state index in [4.69, 9.17) is 4.74 Å². The van der Waals surface area contributed by atoms with E-state index in [9.17, 15) is 36.9 Å². The number of hydrogen-bond acceptors (Lipinski definition) is 8. The van der Waals surface area contributed by atoms with E-state index in [1.807, 2.05) is 0 Å². The Labute approximate surface area is 253 Å². The van der Waals surface area contributed by atoms with Crippen molar-refractivity contribution in [2.75, 3.05) is 51.8 Å². The zero-order valence-electron chi connectivity index (χ0n) is 24.0. The lowest BCUT2D eigenvalue weighted by Crippen LogP contribution is -2.54. The van der Waals surface area contributed by atoms with Crippen LogP contribution < -0.4 is 15.0 Å². The molecule has 0 aliphatic carbocycles. The van der Waals surface area contributed by atoms with Crippen molar-refractivity contribution in [2.45, 2.75) is 17.4 Å². The summed E-state index contributed by atoms with van der Waals surface area (Å²) in [5.41, 5.74) is 0.136. The van der Waals surface area contributed by atoms with Gasteiger partial charge in [0, 0.05) is 57.5 Å². The number of rotatable bonds is 11. The van der Waals surface area contributed by atoms with Crippen molar-refractivity contribution >= 4 is 33.2 Å². The monoisotopic (exact) mass is 631 g/mol. The number of nitrogens with one attached hydrogen (secondary N) is 1. The molecule has 44 heavy (non-hydrogen) atoms. The van der Waals surface area contributed by atoms with Crippen LogP contribution in [0.25, 0.3) is 0 Å². The molecule has 0 spiro atoms. The van der Waals surface area contributed by atoms with Gasteiger partial charge in [-0.05, 0) is 48.0 Å². The molecule has 1 aliphatic heterocycles. The Kier molecular flexibility index (Phi) is 10.2. The first-order valence-electron chi connectivity index (χ1n) is 13.5. The number of methoxy groups -OCH3 is 1. The zero-order valence-corrected chi connectivity index (χ0v) is 24.8. The van der Waals surface area contributed by atoms with Crippen molar-refractivity contribution in [2.24, 2.45) is 0 Å². The van der Waals surface area contributed by atoms with Gasteiger partial charge in [-0.25, -0.2) is 17.2 Å². The molecular formula is C29H31F2N5O7S. The van der Waals surface area contributed by atoms with Crippen molar-refractivity contribution < 1.29 is 36.4 Å². The number of nitro groups is 1. The standard InChI is InChI=1S/C29H31F2N5O7S/c1-33(23-7-9-24(43-2)10-8-23)29(38)25(17-20-15-21(30)18-22(31)16-20)32-28(37)19-34-11-13-35(14-12-34)44(41,42)27-6-4-3-5-26(27)36(39)40/h3-10,15-16,18,25H,11-14,17,19H2,1-2H3,(H,32,37)/t25-/m0/s1. The first kappa shape index (κ1) is 32.4. The molecule has 0 radical (unpaired) electrons. The normalized spacial score (nSPS) is 14.9. The average molecular weight is 632 g/mol. The van der Waals surface area contributed by atoms with Crippen LogP contribution >= 0.6 is 0 Å². The summed E-state index contributed by atoms with van der Waals surface area (Å²) < 4.78 is 60.3. The Morgan fingerprint density at radius 3 is 2.23 bits per heavy atom. The topological polar surface area (TPSA) is 142 Å². The number of nitrogens with zero attached hydrogens (tertiary/aromatic N) is 4. The highest BCUT2D eigenvalue weighted by atomic mass is 32.2. The van der Waals surface area contributed by atoms with E-state index in [2.05, 4.69) is 5.32 Å². The van der Waals surface area contributed by atoms with Crippen molar-refractivity contribution in [3.63, 3.8) is 0 Å². The van der Waals surface area contributed by atoms with Crippen LogP contribution in [0.1, 0.15) is 5.56 Å². The van der Waals surface area contributed by atoms with Crippen molar-refractivity contribution in [3.8, 4) is 5.75 Å². The lowest BCUT2D eigenvalue weighted by atomic mass is 10.0. The van der Waals surface area contributed by atoms with Gasteiger partial charge in [-0.3, -0.25) is 24.6 Å². The Morgan fingerprint density at radius 2 is 1.64 bits per heavy atom. The molecule has 1 heterocycles. The zero-order chi connectivity index (χ0) is 32.0. The summed E-state index contributed by atoms with van der Waals surface area (Å²) in [6.45, 7) is 0.0615. The Bertz CT molecular complexity index is 1610. The number of hydrogen-bond donors (Lipinski definition) is 1. The Hall–Kier alpha value is -4.47. The van der Waals surface area contributed by atoms with Gasteiger partial charge in [0.05, 0.1) is 18.6 Å². The summed E-state index contributed by atoms with van der Waals surface area (Å²) in [4.78, 5) is 39.8. The first-order chi connectivity index (χ1) is 20.9. The lowest BCUT2D eigenvalue weighted by molar-refractivity contribution is -0.387. The summed E-state index contributed by atoms with van der Waals surface area (Å²) in [6.07, 6.45) is -0.193. The third-order valence-electron chi connectivity index (χ3n) is 7.16. The Morgan fingerprint density at radius 1 is 1.02 bits per heavy atom. The molecule has 3 aromatic carbocycles. The van der Waals surface area contributed by atoms with Crippen molar-refractivity contribution in [1.82, 2.24) is 14.5 Å². The van der Waals surface area contributed by atoms with Crippen LogP contribution in [0.4, 0.5) is 20.2 Å². The van der Waals surface area contributed by atoms with E-state index in [0.717, 1.165) is 22.5 Å². The molecule has 1 saturated heterocycles. The number of amides is 2. The number of likely N-dealkylation sites (N-methyl/N-ethyl adjacent to an activating group) is 1. The van der Waals surface area contributed by atoms with E-state index in [1.54, 1.807) is 29.2 Å². The number of benzene rings is 3. The molecule has 4 rings (SSSR count). The number of ether oxygens (including phenoxy) is 1. The van der Waals surface area contributed by atoms with E-state index in [1.165, 1.54) is 37.3 Å². The summed E-state index contributed by atoms with van der Waals surface area (Å²) in [7, 11) is -1.15. The van der Waals surface area contributed by atoms with Crippen molar-refractivity contribution in [3.05, 3.63) is 94.0 Å². The largest absolute Gasteiger partial charge is 0.497 e. The van der Waals surface area contributed by atoms with Crippen LogP contribution in [0.15, 0.2) is 71.6 Å². The van der Waals surface area contributed by atoms with E-state index >= 15 is 0 Å². The average Bonchev–Trinajstić information content (AvgIpc) is 2.99. The minimum absolute atomic E-state index is 0.0210. The number of nitro benzene ring substituents is 1. The summed E-state index contributed by atoms with van der Waals surface area (Å²) in [6, 6.07) is 13.4. The van der Waals surface area contributed by atoms with E-state index in [-0.39, 0.29) is 44.7 Å². The second-order valence-electron chi connectivity index (χ2n) is 10.1. The van der Waals surface area contributed by atoms with Gasteiger partial charge in [0.2, 0.25) is 21.8 Å². The summed E-state index contributed by atoms with van der Waals surface area (Å²) in [5, 5.41) is 14.0. The quantitative estimate of drug-likeness (QED) is 0.252. The number of halogens is 2. The van der Waals surface area contributed by atoms with Gasteiger partial charge in [-0.15, -0.1) is 0 Å². The molecular weight excluding hydrogens is 600 g/mol. The fourth-order valence-electron chi connectivity index (χ4n) is 4.87. The SMILES string of the molecule is COc1ccc(N(C)C(=O)[C@H](Cc2cc(F)cc(F)c2)NC(=O)CN2CCN(S(=O)(=O)c3ccccc3[N+](=O)[O-])CC2)cc1. The molecule has 0 unspecified atom stereocenters. The maximum absolute atomic E-state index is 13.9. The summed E-state index contributed by atoms with van der Waals surface area (Å²) >= 11 is 0. The Balaban J connectivity index is 1.44. The van der Waals surface area contributed by atoms with E-state index in [0.29, 0.717) is 17.5 Å². The van der Waals surface area contributed by atoms with Crippen LogP contribution in [0.3, 0.4) is 0 Å². The smallest absolute Gasteiger partial charge is 0.289 e. The van der Waals surface area contributed by atoms with Crippen molar-refractivity contribution in [1.29, 1.82) is 0 Å². The van der Waals surface area contributed by atoms with Crippen LogP contribution in [-0.4, -0.2) is 87.3 Å². The predicted octanol–water partition coefficient (Wildman–Crippen LogP) is 2.58. The molecule has 1 aliphatic rings. The summed E-state index contributed by atoms with van der Waals surface area (Å²) in [5.74, 6) is -2.17. The van der Waals surface area contributed by atoms with Gasteiger partial charge in [-0.1, -0.05) is 12.1 Å². The molecule has 2 amide bonds. The van der Waals surface area contributed by atoms with Crippen LogP contribution in [-0.2, 0) is 26.0 Å². The van der Waals surface area contributed by atoms with Crippen LogP contribution in [0.5, 0.6) is 5.75 Å². The molecule has 3 aromatic rings. The molecule has 1 atom stereocenters. The maximum Gasteiger partial charge on any atom is 0.289 e. The number of carbonyl (C=O) groups excluding carboxylic acids is 2. The highest BCUT2D eigenvalue weighted by Crippen LogP contribution is 2.27. The number of piperazine rings is 1. The second kappa shape index (κ2) is 13.9. The number of anilines is 1. The molecule has 1 fully saturated rings. The van der Waals surface area contributed by atoms with Gasteiger partial charge in [0.25, 0.3) is 5.69 Å². The molecule has 0 saturated carbocycles. The molecule has 12 nitrogen and oxygen atoms in total. The fourth-order valence-corrected chi connectivity index (χ4v) is 6.45. The number of sulfonamides is 1. The van der Waals surface area contributed by atoms with Gasteiger partial charge < -0.3 is 15.0 Å². The number of para-hydroxylation sites is 1. The molecule has 0 aromatic heterocycles. The maximum atomic E-state index is 13.9. The molecule has 234 valence electrons. The molecule has 1 N–H and O–H groups in total. The van der Waals surface area contributed by atoms with Gasteiger partial charge in [-0.2, -0.15) is 4.31 Å². The molecule has 0 bridgehead atoms. The first-order valence-corrected chi connectivity index (χ1v) is 14.9. The number of carbonyl (C=O) groups is 2. The van der Waals surface area contributed by atoms with Gasteiger partial charge in [0.1, 0.15) is 23.4 Å². The second-order valence-corrected chi connectivity index (χ2v) is 12.0.